The third-order valence-corrected chi connectivity index (χ3v) is 6.93. The van der Waals surface area contributed by atoms with Crippen LogP contribution in [0.2, 0.25) is 5.02 Å². The minimum atomic E-state index is -0.0376. The van der Waals surface area contributed by atoms with Gasteiger partial charge in [-0.1, -0.05) is 35.5 Å². The number of carbonyl (C=O) groups excluding carboxylic acids is 1. The molecule has 4 aromatic rings. The molecule has 0 aliphatic carbocycles. The fourth-order valence-electron chi connectivity index (χ4n) is 3.07. The lowest BCUT2D eigenvalue weighted by Crippen LogP contribution is -2.27. The van der Waals surface area contributed by atoms with Gasteiger partial charge in [0.05, 0.1) is 11.4 Å². The Morgan fingerprint density at radius 2 is 2.00 bits per heavy atom. The fourth-order valence-corrected chi connectivity index (χ4v) is 4.72. The van der Waals surface area contributed by atoms with E-state index in [1.807, 2.05) is 53.3 Å². The van der Waals surface area contributed by atoms with Crippen LogP contribution in [-0.2, 0) is 11.2 Å². The van der Waals surface area contributed by atoms with Crippen molar-refractivity contribution in [2.24, 2.45) is 0 Å². The van der Waals surface area contributed by atoms with E-state index < -0.39 is 0 Å². The number of thiophene rings is 1. The van der Waals surface area contributed by atoms with E-state index in [1.54, 1.807) is 23.7 Å². The smallest absolute Gasteiger partial charge is 0.230 e. The Balaban J connectivity index is 1.54. The Bertz CT molecular complexity index is 1160. The van der Waals surface area contributed by atoms with Crippen molar-refractivity contribution < 1.29 is 4.79 Å². The molecule has 0 spiro atoms. The molecule has 0 bridgehead atoms. The van der Waals surface area contributed by atoms with E-state index in [1.165, 1.54) is 16.6 Å². The molecule has 0 saturated carbocycles. The van der Waals surface area contributed by atoms with Crippen LogP contribution < -0.4 is 5.32 Å². The van der Waals surface area contributed by atoms with Crippen molar-refractivity contribution >= 4 is 40.6 Å². The van der Waals surface area contributed by atoms with E-state index in [0.717, 1.165) is 23.2 Å². The van der Waals surface area contributed by atoms with Gasteiger partial charge in [0.1, 0.15) is 0 Å². The summed E-state index contributed by atoms with van der Waals surface area (Å²) >= 11 is 9.42. The Morgan fingerprint density at radius 1 is 1.16 bits per heavy atom. The second-order valence-electron chi connectivity index (χ2n) is 6.73. The van der Waals surface area contributed by atoms with Crippen LogP contribution in [0.15, 0.2) is 65.4 Å². The van der Waals surface area contributed by atoms with Crippen LogP contribution in [0.3, 0.4) is 0 Å². The maximum atomic E-state index is 12.4. The molecule has 0 radical (unpaired) electrons. The Hall–Kier alpha value is -2.68. The molecule has 1 N–H and O–H groups in total. The summed E-state index contributed by atoms with van der Waals surface area (Å²) in [5.74, 6) is 0.885. The average Bonchev–Trinajstić information content (AvgIpc) is 3.45. The summed E-state index contributed by atoms with van der Waals surface area (Å²) < 4.78 is 1.94. The monoisotopic (exact) mass is 469 g/mol. The highest BCUT2D eigenvalue weighted by Gasteiger charge is 2.19. The highest BCUT2D eigenvalue weighted by molar-refractivity contribution is 7.99. The molecule has 0 saturated heterocycles. The molecular weight excluding hydrogens is 450 g/mol. The summed E-state index contributed by atoms with van der Waals surface area (Å²) in [6, 6.07) is 13.6. The first kappa shape index (κ1) is 21.5. The summed E-state index contributed by atoms with van der Waals surface area (Å²) in [7, 11) is 0. The van der Waals surface area contributed by atoms with E-state index in [9.17, 15) is 4.79 Å². The summed E-state index contributed by atoms with van der Waals surface area (Å²) in [5.41, 5.74) is 2.68. The number of pyridine rings is 1. The molecule has 0 aliphatic heterocycles. The van der Waals surface area contributed by atoms with Gasteiger partial charge in [0, 0.05) is 34.4 Å². The summed E-state index contributed by atoms with van der Waals surface area (Å²) in [4.78, 5) is 17.7. The minimum Gasteiger partial charge on any atom is -0.355 e. The van der Waals surface area contributed by atoms with Crippen molar-refractivity contribution in [3.05, 3.63) is 75.7 Å². The zero-order valence-corrected chi connectivity index (χ0v) is 19.2. The van der Waals surface area contributed by atoms with E-state index in [4.69, 9.17) is 11.6 Å². The molecule has 1 amide bonds. The number of aromatic nitrogens is 4. The first-order valence-electron chi connectivity index (χ1n) is 9.66. The number of hydrogen-bond acceptors (Lipinski definition) is 6. The number of amides is 1. The number of hydrogen-bond donors (Lipinski definition) is 1. The standard InChI is InChI=1S/C22H20ClN5OS2/c1-15-18(23)5-2-6-19(15)28-21(16-7-10-24-11-8-16)26-27-22(28)31-14-20(29)25-12-9-17-4-3-13-30-17/h2-8,10-11,13H,9,12,14H2,1H3,(H,25,29). The number of nitrogens with one attached hydrogen (secondary N) is 1. The Kier molecular flexibility index (Phi) is 7.01. The molecule has 3 aromatic heterocycles. The first-order valence-corrected chi connectivity index (χ1v) is 11.9. The number of nitrogens with zero attached hydrogens (tertiary/aromatic N) is 4. The Morgan fingerprint density at radius 3 is 2.77 bits per heavy atom. The molecule has 0 unspecified atom stereocenters. The maximum Gasteiger partial charge on any atom is 0.230 e. The zero-order valence-electron chi connectivity index (χ0n) is 16.8. The van der Waals surface area contributed by atoms with E-state index >= 15 is 0 Å². The van der Waals surface area contributed by atoms with Crippen molar-refractivity contribution in [1.29, 1.82) is 0 Å². The quantitative estimate of drug-likeness (QED) is 0.375. The lowest BCUT2D eigenvalue weighted by atomic mass is 10.2. The maximum absolute atomic E-state index is 12.4. The Labute approximate surface area is 193 Å². The largest absolute Gasteiger partial charge is 0.355 e. The van der Waals surface area contributed by atoms with E-state index in [2.05, 4.69) is 26.6 Å². The molecule has 0 aliphatic rings. The highest BCUT2D eigenvalue weighted by Crippen LogP contribution is 2.31. The molecular formula is C22H20ClN5OS2. The van der Waals surface area contributed by atoms with Gasteiger partial charge >= 0.3 is 0 Å². The molecule has 4 rings (SSSR count). The first-order chi connectivity index (χ1) is 15.1. The summed E-state index contributed by atoms with van der Waals surface area (Å²) in [6.07, 6.45) is 4.26. The van der Waals surface area contributed by atoms with Crippen LogP contribution in [0.25, 0.3) is 17.1 Å². The van der Waals surface area contributed by atoms with Gasteiger partial charge < -0.3 is 5.32 Å². The predicted molar refractivity (Wildman–Crippen MR) is 126 cm³/mol. The number of halogens is 1. The molecule has 0 atom stereocenters. The minimum absolute atomic E-state index is 0.0376. The molecule has 31 heavy (non-hydrogen) atoms. The second-order valence-corrected chi connectivity index (χ2v) is 9.11. The number of benzene rings is 1. The van der Waals surface area contributed by atoms with E-state index in [0.29, 0.717) is 22.5 Å². The van der Waals surface area contributed by atoms with Crippen LogP contribution in [0, 0.1) is 6.92 Å². The van der Waals surface area contributed by atoms with Gasteiger partial charge in [-0.15, -0.1) is 21.5 Å². The number of rotatable bonds is 8. The predicted octanol–water partition coefficient (Wildman–Crippen LogP) is 4.80. The van der Waals surface area contributed by atoms with Gasteiger partial charge in [-0.25, -0.2) is 0 Å². The lowest BCUT2D eigenvalue weighted by Gasteiger charge is -2.13. The zero-order chi connectivity index (χ0) is 21.6. The van der Waals surface area contributed by atoms with Crippen LogP contribution in [0.1, 0.15) is 10.4 Å². The van der Waals surface area contributed by atoms with Crippen LogP contribution >= 0.6 is 34.7 Å². The lowest BCUT2D eigenvalue weighted by molar-refractivity contribution is -0.118. The fraction of sp³-hybridized carbons (Fsp3) is 0.182. The molecule has 0 fully saturated rings. The van der Waals surface area contributed by atoms with Crippen molar-refractivity contribution in [2.45, 2.75) is 18.5 Å². The van der Waals surface area contributed by atoms with Gasteiger partial charge in [0.2, 0.25) is 5.91 Å². The molecule has 1 aromatic carbocycles. The second kappa shape index (κ2) is 10.1. The molecule has 158 valence electrons. The number of carbonyl (C=O) groups is 1. The van der Waals surface area contributed by atoms with Gasteiger partial charge in [-0.3, -0.25) is 14.3 Å². The topological polar surface area (TPSA) is 72.7 Å². The van der Waals surface area contributed by atoms with Crippen molar-refractivity contribution in [2.75, 3.05) is 12.3 Å². The van der Waals surface area contributed by atoms with Crippen molar-refractivity contribution in [3.63, 3.8) is 0 Å². The summed E-state index contributed by atoms with van der Waals surface area (Å²) in [6.45, 7) is 2.57. The van der Waals surface area contributed by atoms with Crippen molar-refractivity contribution in [3.8, 4) is 17.1 Å². The van der Waals surface area contributed by atoms with Crippen molar-refractivity contribution in [1.82, 2.24) is 25.1 Å². The van der Waals surface area contributed by atoms with Crippen LogP contribution in [0.5, 0.6) is 0 Å². The van der Waals surface area contributed by atoms with Gasteiger partial charge in [-0.05, 0) is 54.6 Å². The van der Waals surface area contributed by atoms with E-state index in [-0.39, 0.29) is 11.7 Å². The van der Waals surface area contributed by atoms with Gasteiger partial charge in [0.15, 0.2) is 11.0 Å². The van der Waals surface area contributed by atoms with Crippen LogP contribution in [0.4, 0.5) is 0 Å². The third-order valence-electron chi connectivity index (χ3n) is 4.66. The van der Waals surface area contributed by atoms with Gasteiger partial charge in [0.25, 0.3) is 0 Å². The molecule has 6 nitrogen and oxygen atoms in total. The third kappa shape index (κ3) is 5.15. The summed E-state index contributed by atoms with van der Waals surface area (Å²) in [5, 5.41) is 15.1. The molecule has 9 heteroatoms. The average molecular weight is 470 g/mol. The number of thioether (sulfide) groups is 1. The van der Waals surface area contributed by atoms with Gasteiger partial charge in [-0.2, -0.15) is 0 Å². The van der Waals surface area contributed by atoms with Crippen LogP contribution in [-0.4, -0.2) is 38.0 Å². The SMILES string of the molecule is Cc1c(Cl)cccc1-n1c(SCC(=O)NCCc2cccs2)nnc1-c1ccncc1. The molecule has 3 heterocycles. The highest BCUT2D eigenvalue weighted by atomic mass is 35.5. The normalized spacial score (nSPS) is 10.9.